The van der Waals surface area contributed by atoms with Crippen LogP contribution in [0.2, 0.25) is 0 Å². The van der Waals surface area contributed by atoms with E-state index in [4.69, 9.17) is 4.74 Å². The maximum atomic E-state index is 4.97. The van der Waals surface area contributed by atoms with E-state index in [0.717, 1.165) is 5.69 Å². The first-order chi connectivity index (χ1) is 9.67. The van der Waals surface area contributed by atoms with E-state index in [0.29, 0.717) is 24.9 Å². The highest BCUT2D eigenvalue weighted by atomic mass is 16.5. The number of nitrogens with one attached hydrogen (secondary N) is 2. The van der Waals surface area contributed by atoms with Gasteiger partial charge in [-0.25, -0.2) is 0 Å². The zero-order valence-electron chi connectivity index (χ0n) is 12.0. The molecule has 0 radical (unpaired) electrons. The molecule has 20 heavy (non-hydrogen) atoms. The topological polar surface area (TPSA) is 72.0 Å². The first-order valence-corrected chi connectivity index (χ1v) is 6.45. The Hall–Kier alpha value is -2.21. The molecule has 2 N–H and O–H groups in total. The molecule has 1 aromatic carbocycles. The van der Waals surface area contributed by atoms with Crippen LogP contribution in [0.25, 0.3) is 0 Å². The Balaban J connectivity index is 2.07. The van der Waals surface area contributed by atoms with Crippen LogP contribution in [0, 0.1) is 13.8 Å². The Kier molecular flexibility index (Phi) is 4.84. The van der Waals surface area contributed by atoms with Gasteiger partial charge < -0.3 is 15.4 Å². The quantitative estimate of drug-likeness (QED) is 0.787. The van der Waals surface area contributed by atoms with Gasteiger partial charge in [0.15, 0.2) is 5.82 Å². The summed E-state index contributed by atoms with van der Waals surface area (Å²) in [5.74, 6) is 1.14. The number of benzene rings is 1. The summed E-state index contributed by atoms with van der Waals surface area (Å²) in [4.78, 5) is 4.35. The van der Waals surface area contributed by atoms with Crippen molar-refractivity contribution in [2.24, 2.45) is 0 Å². The van der Waals surface area contributed by atoms with Crippen LogP contribution in [-0.4, -0.2) is 35.4 Å². The van der Waals surface area contributed by atoms with Crippen LogP contribution < -0.4 is 10.6 Å². The van der Waals surface area contributed by atoms with Gasteiger partial charge in [-0.2, -0.15) is 10.1 Å². The molecular weight excluding hydrogens is 254 g/mol. The third-order valence-electron chi connectivity index (χ3n) is 2.65. The molecule has 0 bridgehead atoms. The minimum Gasteiger partial charge on any atom is -0.383 e. The van der Waals surface area contributed by atoms with Crippen molar-refractivity contribution in [1.29, 1.82) is 0 Å². The molecule has 6 heteroatoms. The maximum Gasteiger partial charge on any atom is 0.249 e. The number of methoxy groups -OCH3 is 1. The fourth-order valence-corrected chi connectivity index (χ4v) is 1.90. The van der Waals surface area contributed by atoms with Crippen molar-refractivity contribution in [1.82, 2.24) is 15.2 Å². The van der Waals surface area contributed by atoms with E-state index >= 15 is 0 Å². The van der Waals surface area contributed by atoms with Crippen LogP contribution in [0.5, 0.6) is 0 Å². The van der Waals surface area contributed by atoms with Crippen molar-refractivity contribution in [3.8, 4) is 0 Å². The Labute approximate surface area is 118 Å². The highest BCUT2D eigenvalue weighted by molar-refractivity contribution is 5.56. The lowest BCUT2D eigenvalue weighted by Gasteiger charge is -2.08. The molecule has 0 aliphatic rings. The number of aromatic nitrogens is 3. The van der Waals surface area contributed by atoms with Crippen molar-refractivity contribution in [2.75, 3.05) is 30.9 Å². The highest BCUT2D eigenvalue weighted by Gasteiger charge is 2.02. The van der Waals surface area contributed by atoms with E-state index in [1.54, 1.807) is 13.3 Å². The van der Waals surface area contributed by atoms with Gasteiger partial charge in [0, 0.05) is 19.3 Å². The van der Waals surface area contributed by atoms with Gasteiger partial charge in [-0.3, -0.25) is 0 Å². The van der Waals surface area contributed by atoms with Gasteiger partial charge in [0.2, 0.25) is 5.95 Å². The molecule has 1 aromatic heterocycles. The third-order valence-corrected chi connectivity index (χ3v) is 2.65. The van der Waals surface area contributed by atoms with Gasteiger partial charge >= 0.3 is 0 Å². The lowest BCUT2D eigenvalue weighted by atomic mass is 10.1. The minimum absolute atomic E-state index is 0.470. The Bertz CT molecular complexity index is 553. The molecule has 0 atom stereocenters. The van der Waals surface area contributed by atoms with Crippen molar-refractivity contribution in [3.63, 3.8) is 0 Å². The molecule has 2 aromatic rings. The van der Waals surface area contributed by atoms with Crippen LogP contribution in [-0.2, 0) is 4.74 Å². The van der Waals surface area contributed by atoms with Crippen molar-refractivity contribution < 1.29 is 4.74 Å². The number of nitrogens with zero attached hydrogens (tertiary/aromatic N) is 3. The average Bonchev–Trinajstić information content (AvgIpc) is 2.38. The summed E-state index contributed by atoms with van der Waals surface area (Å²) in [6, 6.07) is 6.20. The fourth-order valence-electron chi connectivity index (χ4n) is 1.90. The first-order valence-electron chi connectivity index (χ1n) is 6.45. The second-order valence-corrected chi connectivity index (χ2v) is 4.59. The Morgan fingerprint density at radius 3 is 2.60 bits per heavy atom. The maximum absolute atomic E-state index is 4.97. The number of ether oxygens (including phenoxy) is 1. The van der Waals surface area contributed by atoms with Crippen LogP contribution in [0.4, 0.5) is 17.5 Å². The van der Waals surface area contributed by atoms with Gasteiger partial charge in [0.05, 0.1) is 12.8 Å². The Morgan fingerprint density at radius 1 is 1.15 bits per heavy atom. The monoisotopic (exact) mass is 273 g/mol. The summed E-state index contributed by atoms with van der Waals surface area (Å²) in [5, 5.41) is 14.2. The Morgan fingerprint density at radius 2 is 1.90 bits per heavy atom. The standard InChI is InChI=1S/C14H19N5O/c1-10-6-11(2)8-12(7-10)17-14-18-13(9-16-19-14)15-4-5-20-3/h6-9H,4-5H2,1-3H3,(H2,15,17,18,19). The molecule has 0 saturated carbocycles. The van der Waals surface area contributed by atoms with Crippen molar-refractivity contribution in [2.45, 2.75) is 13.8 Å². The summed E-state index contributed by atoms with van der Waals surface area (Å²) < 4.78 is 4.97. The van der Waals surface area contributed by atoms with E-state index in [-0.39, 0.29) is 0 Å². The summed E-state index contributed by atoms with van der Waals surface area (Å²) in [5.41, 5.74) is 3.34. The number of hydrogen-bond acceptors (Lipinski definition) is 6. The van der Waals surface area contributed by atoms with Gasteiger partial charge in [-0.1, -0.05) is 6.07 Å². The number of hydrogen-bond donors (Lipinski definition) is 2. The van der Waals surface area contributed by atoms with Gasteiger partial charge in [-0.15, -0.1) is 5.10 Å². The first kappa shape index (κ1) is 14.2. The zero-order valence-corrected chi connectivity index (χ0v) is 12.0. The van der Waals surface area contributed by atoms with Gasteiger partial charge in [0.25, 0.3) is 0 Å². The average molecular weight is 273 g/mol. The molecule has 6 nitrogen and oxygen atoms in total. The molecule has 0 aliphatic heterocycles. The number of aryl methyl sites for hydroxylation is 2. The number of rotatable bonds is 6. The lowest BCUT2D eigenvalue weighted by Crippen LogP contribution is -2.10. The molecule has 0 saturated heterocycles. The van der Waals surface area contributed by atoms with E-state index < -0.39 is 0 Å². The van der Waals surface area contributed by atoms with E-state index in [9.17, 15) is 0 Å². The fraction of sp³-hybridized carbons (Fsp3) is 0.357. The minimum atomic E-state index is 0.470. The molecule has 106 valence electrons. The molecular formula is C14H19N5O. The zero-order chi connectivity index (χ0) is 14.4. The van der Waals surface area contributed by atoms with E-state index in [1.807, 2.05) is 12.1 Å². The second-order valence-electron chi connectivity index (χ2n) is 4.59. The van der Waals surface area contributed by atoms with Crippen LogP contribution in [0.1, 0.15) is 11.1 Å². The van der Waals surface area contributed by atoms with Gasteiger partial charge in [0.1, 0.15) is 0 Å². The van der Waals surface area contributed by atoms with E-state index in [2.05, 4.69) is 45.7 Å². The summed E-state index contributed by atoms with van der Waals surface area (Å²) in [6.07, 6.45) is 1.59. The molecule has 0 amide bonds. The molecule has 0 unspecified atom stereocenters. The third kappa shape index (κ3) is 4.17. The largest absolute Gasteiger partial charge is 0.383 e. The predicted molar refractivity (Wildman–Crippen MR) is 79.4 cm³/mol. The lowest BCUT2D eigenvalue weighted by molar-refractivity contribution is 0.210. The molecule has 0 aliphatic carbocycles. The van der Waals surface area contributed by atoms with Crippen LogP contribution in [0.15, 0.2) is 24.4 Å². The SMILES string of the molecule is COCCNc1cnnc(Nc2cc(C)cc(C)c2)n1. The van der Waals surface area contributed by atoms with Crippen LogP contribution in [0.3, 0.4) is 0 Å². The van der Waals surface area contributed by atoms with Crippen molar-refractivity contribution >= 4 is 17.5 Å². The smallest absolute Gasteiger partial charge is 0.249 e. The van der Waals surface area contributed by atoms with Gasteiger partial charge in [-0.05, 0) is 37.1 Å². The van der Waals surface area contributed by atoms with E-state index in [1.165, 1.54) is 11.1 Å². The number of anilines is 3. The predicted octanol–water partition coefficient (Wildman–Crippen LogP) is 2.29. The molecule has 1 heterocycles. The second kappa shape index (κ2) is 6.81. The molecule has 0 fully saturated rings. The molecule has 0 spiro atoms. The summed E-state index contributed by atoms with van der Waals surface area (Å²) in [7, 11) is 1.66. The molecule has 2 rings (SSSR count). The van der Waals surface area contributed by atoms with Crippen molar-refractivity contribution in [3.05, 3.63) is 35.5 Å². The normalized spacial score (nSPS) is 10.3. The highest BCUT2D eigenvalue weighted by Crippen LogP contribution is 2.17. The van der Waals surface area contributed by atoms with Crippen LogP contribution >= 0.6 is 0 Å². The summed E-state index contributed by atoms with van der Waals surface area (Å²) in [6.45, 7) is 5.40. The summed E-state index contributed by atoms with van der Waals surface area (Å²) >= 11 is 0.